The highest BCUT2D eigenvalue weighted by atomic mass is 16.8. The minimum Gasteiger partial charge on any atom is -0.399 e. The molecule has 1 saturated heterocycles. The smallest absolute Gasteiger partial charge is 0.241 e. The lowest BCUT2D eigenvalue weighted by atomic mass is 10.0. The van der Waals surface area contributed by atoms with Crippen LogP contribution in [-0.4, -0.2) is 45.5 Å². The molecule has 16 heavy (non-hydrogen) atoms. The van der Waals surface area contributed by atoms with Crippen molar-refractivity contribution in [2.75, 3.05) is 6.61 Å². The van der Waals surface area contributed by atoms with Crippen molar-refractivity contribution in [2.45, 2.75) is 37.4 Å². The number of rotatable bonds is 3. The van der Waals surface area contributed by atoms with E-state index < -0.39 is 35.6 Å². The number of aliphatic hydroxyl groups is 3. The Labute approximate surface area is 91.0 Å². The van der Waals surface area contributed by atoms with Gasteiger partial charge in [0.25, 0.3) is 0 Å². The fourth-order valence-corrected chi connectivity index (χ4v) is 2.71. The van der Waals surface area contributed by atoms with Crippen molar-refractivity contribution in [1.82, 2.24) is 0 Å². The molecule has 0 amide bonds. The second-order valence-corrected chi connectivity index (χ2v) is 4.57. The second-order valence-electron chi connectivity index (χ2n) is 4.57. The maximum absolute atomic E-state index is 10.2. The number of hydrogen-bond acceptors (Lipinski definition) is 6. The average Bonchev–Trinajstić information content (AvgIpc) is 2.52. The molecule has 1 aliphatic carbocycles. The summed E-state index contributed by atoms with van der Waals surface area (Å²) in [6.45, 7) is 2.77. The lowest BCUT2D eigenvalue weighted by molar-refractivity contribution is -0.213. The maximum Gasteiger partial charge on any atom is 0.241 e. The Bertz CT molecular complexity index is 369. The summed E-state index contributed by atoms with van der Waals surface area (Å²) in [4.78, 5) is 6.98. The molecule has 4 atom stereocenters. The molecule has 0 radical (unpaired) electrons. The molecule has 90 valence electrons. The third-order valence-electron chi connectivity index (χ3n) is 3.86. The molecular formula is C8H13N3O5. The first kappa shape index (κ1) is 11.4. The minimum absolute atomic E-state index is 0.460. The number of azide groups is 1. The zero-order chi connectivity index (χ0) is 12.2. The van der Waals surface area contributed by atoms with E-state index in [0.29, 0.717) is 0 Å². The Hall–Kier alpha value is -1.05. The second kappa shape index (κ2) is 2.99. The standard InChI is InChI=1S/C8H13N3O5/c1-6(2)7(13)4(3-12)15-5(8(6,7)14)16-11-10-9/h4-5,12-14H,3H2,1-2H3/t4-,5+,7+,8-/m0/s1. The van der Waals surface area contributed by atoms with Crippen LogP contribution in [0.3, 0.4) is 0 Å². The van der Waals surface area contributed by atoms with Crippen LogP contribution in [-0.2, 0) is 9.57 Å². The van der Waals surface area contributed by atoms with Gasteiger partial charge in [0, 0.05) is 10.3 Å². The van der Waals surface area contributed by atoms with E-state index in [4.69, 9.17) is 15.4 Å². The van der Waals surface area contributed by atoms with Gasteiger partial charge >= 0.3 is 0 Å². The number of ether oxygens (including phenoxy) is 1. The van der Waals surface area contributed by atoms with Gasteiger partial charge in [-0.3, -0.25) is 0 Å². The molecule has 0 aromatic heterocycles. The van der Waals surface area contributed by atoms with Crippen LogP contribution in [0.15, 0.2) is 5.28 Å². The molecule has 0 bridgehead atoms. The first-order chi connectivity index (χ1) is 7.37. The summed E-state index contributed by atoms with van der Waals surface area (Å²) in [7, 11) is 0. The minimum atomic E-state index is -1.68. The molecule has 0 unspecified atom stereocenters. The Kier molecular flexibility index (Phi) is 2.14. The average molecular weight is 231 g/mol. The first-order valence-corrected chi connectivity index (χ1v) is 4.79. The summed E-state index contributed by atoms with van der Waals surface area (Å²) in [6, 6.07) is 0. The van der Waals surface area contributed by atoms with Crippen molar-refractivity contribution in [3.8, 4) is 0 Å². The van der Waals surface area contributed by atoms with E-state index >= 15 is 0 Å². The van der Waals surface area contributed by atoms with Crippen LogP contribution in [0.2, 0.25) is 0 Å². The molecule has 8 nitrogen and oxygen atoms in total. The third-order valence-corrected chi connectivity index (χ3v) is 3.86. The predicted molar refractivity (Wildman–Crippen MR) is 49.7 cm³/mol. The quantitative estimate of drug-likeness (QED) is 0.260. The van der Waals surface area contributed by atoms with Crippen molar-refractivity contribution in [2.24, 2.45) is 10.7 Å². The maximum atomic E-state index is 10.2. The van der Waals surface area contributed by atoms with Gasteiger partial charge in [-0.05, 0) is 5.53 Å². The highest BCUT2D eigenvalue weighted by molar-refractivity contribution is 5.39. The molecule has 2 aliphatic rings. The first-order valence-electron chi connectivity index (χ1n) is 4.79. The fraction of sp³-hybridized carbons (Fsp3) is 1.00. The van der Waals surface area contributed by atoms with E-state index in [1.54, 1.807) is 13.8 Å². The molecule has 0 aromatic carbocycles. The Balaban J connectivity index is 2.31. The monoisotopic (exact) mass is 231 g/mol. The molecule has 8 heteroatoms. The Morgan fingerprint density at radius 1 is 1.44 bits per heavy atom. The predicted octanol–water partition coefficient (Wildman–Crippen LogP) is -0.553. The Morgan fingerprint density at radius 3 is 2.50 bits per heavy atom. The molecular weight excluding hydrogens is 218 g/mol. The van der Waals surface area contributed by atoms with Crippen molar-refractivity contribution in [3.63, 3.8) is 0 Å². The van der Waals surface area contributed by atoms with Crippen LogP contribution in [0, 0.1) is 5.41 Å². The topological polar surface area (TPSA) is 128 Å². The molecule has 3 N–H and O–H groups in total. The SMILES string of the molecule is CC1(C)[C@]2(O)[C@H](CO)O[C@H](ON=[N+]=[N-])[C@]12O. The van der Waals surface area contributed by atoms with Crippen LogP contribution in [0.1, 0.15) is 13.8 Å². The van der Waals surface area contributed by atoms with E-state index in [9.17, 15) is 10.2 Å². The number of nitrogens with zero attached hydrogens (tertiary/aromatic N) is 3. The van der Waals surface area contributed by atoms with E-state index in [-0.39, 0.29) is 0 Å². The highest BCUT2D eigenvalue weighted by Gasteiger charge is 2.93. The van der Waals surface area contributed by atoms with Gasteiger partial charge in [-0.2, -0.15) is 0 Å². The highest BCUT2D eigenvalue weighted by Crippen LogP contribution is 2.72. The van der Waals surface area contributed by atoms with Crippen molar-refractivity contribution in [3.05, 3.63) is 10.4 Å². The molecule has 0 spiro atoms. The molecule has 2 rings (SSSR count). The van der Waals surface area contributed by atoms with Gasteiger partial charge in [0.05, 0.1) is 6.61 Å². The van der Waals surface area contributed by atoms with Crippen molar-refractivity contribution >= 4 is 0 Å². The Morgan fingerprint density at radius 2 is 2.06 bits per heavy atom. The molecule has 1 heterocycles. The molecule has 1 aliphatic heterocycles. The third kappa shape index (κ3) is 0.876. The number of hydrogen-bond donors (Lipinski definition) is 3. The zero-order valence-electron chi connectivity index (χ0n) is 8.86. The lowest BCUT2D eigenvalue weighted by Crippen LogP contribution is -2.36. The summed E-state index contributed by atoms with van der Waals surface area (Å²) < 4.78 is 5.08. The summed E-state index contributed by atoms with van der Waals surface area (Å²) in [5.74, 6) is 0. The van der Waals surface area contributed by atoms with Gasteiger partial charge in [-0.25, -0.2) is 0 Å². The van der Waals surface area contributed by atoms with E-state index in [0.717, 1.165) is 0 Å². The summed E-state index contributed by atoms with van der Waals surface area (Å²) >= 11 is 0. The summed E-state index contributed by atoms with van der Waals surface area (Å²) in [5.41, 5.74) is 3.94. The van der Waals surface area contributed by atoms with Crippen LogP contribution in [0.25, 0.3) is 10.4 Å². The van der Waals surface area contributed by atoms with Gasteiger partial charge in [0.2, 0.25) is 6.29 Å². The summed E-state index contributed by atoms with van der Waals surface area (Å²) in [6.07, 6.45) is -2.24. The fourth-order valence-electron chi connectivity index (χ4n) is 2.71. The lowest BCUT2D eigenvalue weighted by Gasteiger charge is -2.24. The van der Waals surface area contributed by atoms with E-state index in [1.807, 2.05) is 0 Å². The number of fused-ring (bicyclic) bond motifs is 1. The van der Waals surface area contributed by atoms with E-state index in [2.05, 4.69) is 15.0 Å². The van der Waals surface area contributed by atoms with Crippen LogP contribution in [0.4, 0.5) is 0 Å². The zero-order valence-corrected chi connectivity index (χ0v) is 8.86. The molecule has 1 saturated carbocycles. The van der Waals surface area contributed by atoms with Gasteiger partial charge in [0.15, 0.2) is 5.60 Å². The molecule has 2 fully saturated rings. The van der Waals surface area contributed by atoms with Gasteiger partial charge < -0.3 is 24.9 Å². The number of aliphatic hydroxyl groups excluding tert-OH is 1. The van der Waals surface area contributed by atoms with Gasteiger partial charge in [0.1, 0.15) is 17.0 Å². The van der Waals surface area contributed by atoms with Crippen LogP contribution < -0.4 is 0 Å². The van der Waals surface area contributed by atoms with E-state index in [1.165, 1.54) is 0 Å². The largest absolute Gasteiger partial charge is 0.399 e. The van der Waals surface area contributed by atoms with Crippen LogP contribution in [0.5, 0.6) is 0 Å². The van der Waals surface area contributed by atoms with Crippen molar-refractivity contribution in [1.29, 1.82) is 0 Å². The molecule has 0 aromatic rings. The summed E-state index contributed by atoms with van der Waals surface area (Å²) in [5, 5.41) is 32.4. The van der Waals surface area contributed by atoms with Gasteiger partial charge in [-0.1, -0.05) is 13.8 Å². The van der Waals surface area contributed by atoms with Crippen molar-refractivity contribution < 1.29 is 24.9 Å². The van der Waals surface area contributed by atoms with Crippen LogP contribution >= 0.6 is 0 Å². The van der Waals surface area contributed by atoms with Gasteiger partial charge in [-0.15, -0.1) is 0 Å². The normalized spacial score (nSPS) is 48.1.